The van der Waals surface area contributed by atoms with Crippen LogP contribution in [0.4, 0.5) is 0 Å². The Morgan fingerprint density at radius 1 is 1.11 bits per heavy atom. The van der Waals surface area contributed by atoms with Crippen LogP contribution in [0.3, 0.4) is 0 Å². The molecule has 0 radical (unpaired) electrons. The molecule has 1 aliphatic rings. The molecule has 4 rings (SSSR count). The highest BCUT2D eigenvalue weighted by atomic mass is 16.5. The van der Waals surface area contributed by atoms with Crippen LogP contribution in [0.2, 0.25) is 0 Å². The first-order chi connectivity index (χ1) is 17.0. The van der Waals surface area contributed by atoms with E-state index >= 15 is 0 Å². The number of ether oxygens (including phenoxy) is 2. The Morgan fingerprint density at radius 3 is 2.69 bits per heavy atom. The summed E-state index contributed by atoms with van der Waals surface area (Å²) in [6, 6.07) is 11.4. The number of aryl methyl sites for hydroxylation is 2. The number of methoxy groups -OCH3 is 1. The first-order valence-corrected chi connectivity index (χ1v) is 12.4. The van der Waals surface area contributed by atoms with E-state index in [0.717, 1.165) is 47.3 Å². The Kier molecular flexibility index (Phi) is 7.76. The number of hydrogen-bond acceptors (Lipinski definition) is 5. The van der Waals surface area contributed by atoms with E-state index in [1.165, 1.54) is 0 Å². The second-order valence-corrected chi connectivity index (χ2v) is 9.21. The standard InChI is InChI=1S/C28H35N3O4/c1-5-6-7-14-35-21-11-8-10-20(17-21)27-24-25(23-19(3)15-18(2)16-22(23)32)29-30-26(24)28(33)31(27)12-9-13-34-4/h8,10-11,15-17,27,32H,5-7,9,12-14H2,1-4H3,(H,29,30). The number of aromatic amines is 1. The van der Waals surface area contributed by atoms with Crippen LogP contribution in [0.5, 0.6) is 11.5 Å². The van der Waals surface area contributed by atoms with Gasteiger partial charge < -0.3 is 19.5 Å². The monoisotopic (exact) mass is 477 g/mol. The SMILES string of the molecule is CCCCCOc1cccc(C2c3c(-c4c(C)cc(C)cc4O)n[nH]c3C(=O)N2CCCOC)c1. The average molecular weight is 478 g/mol. The van der Waals surface area contributed by atoms with E-state index in [1.807, 2.05) is 49.1 Å². The van der Waals surface area contributed by atoms with E-state index < -0.39 is 0 Å². The number of aromatic hydroxyl groups is 1. The molecule has 1 amide bonds. The fourth-order valence-electron chi connectivity index (χ4n) is 4.91. The first-order valence-electron chi connectivity index (χ1n) is 12.4. The van der Waals surface area contributed by atoms with Crippen molar-refractivity contribution in [1.29, 1.82) is 0 Å². The summed E-state index contributed by atoms with van der Waals surface area (Å²) in [4.78, 5) is 15.4. The zero-order valence-electron chi connectivity index (χ0n) is 21.1. The van der Waals surface area contributed by atoms with Crippen LogP contribution in [0.15, 0.2) is 36.4 Å². The van der Waals surface area contributed by atoms with Gasteiger partial charge in [0.1, 0.15) is 22.9 Å². The van der Waals surface area contributed by atoms with Crippen molar-refractivity contribution in [2.75, 3.05) is 26.9 Å². The van der Waals surface area contributed by atoms with Gasteiger partial charge in [0.05, 0.1) is 12.6 Å². The maximum atomic E-state index is 13.5. The summed E-state index contributed by atoms with van der Waals surface area (Å²) in [6.45, 7) is 7.84. The van der Waals surface area contributed by atoms with Crippen molar-refractivity contribution >= 4 is 5.91 Å². The lowest BCUT2D eigenvalue weighted by atomic mass is 9.93. The highest BCUT2D eigenvalue weighted by molar-refractivity contribution is 6.00. The fourth-order valence-corrected chi connectivity index (χ4v) is 4.91. The Bertz CT molecular complexity index is 1160. The molecule has 0 saturated carbocycles. The summed E-state index contributed by atoms with van der Waals surface area (Å²) in [5, 5.41) is 18.3. The molecule has 0 spiro atoms. The summed E-state index contributed by atoms with van der Waals surface area (Å²) >= 11 is 0. The zero-order chi connectivity index (χ0) is 24.9. The molecule has 35 heavy (non-hydrogen) atoms. The third-order valence-electron chi connectivity index (χ3n) is 6.50. The Labute approximate surface area is 207 Å². The molecule has 1 atom stereocenters. The number of fused-ring (bicyclic) bond motifs is 1. The minimum absolute atomic E-state index is 0.0987. The van der Waals surface area contributed by atoms with E-state index in [4.69, 9.17) is 9.47 Å². The lowest BCUT2D eigenvalue weighted by molar-refractivity contribution is 0.0723. The average Bonchev–Trinajstić information content (AvgIpc) is 3.36. The maximum absolute atomic E-state index is 13.5. The van der Waals surface area contributed by atoms with Gasteiger partial charge in [-0.1, -0.05) is 38.0 Å². The summed E-state index contributed by atoms with van der Waals surface area (Å²) in [7, 11) is 1.66. The van der Waals surface area contributed by atoms with E-state index in [-0.39, 0.29) is 17.7 Å². The molecule has 186 valence electrons. The van der Waals surface area contributed by atoms with Gasteiger partial charge in [-0.3, -0.25) is 9.89 Å². The molecule has 2 N–H and O–H groups in total. The zero-order valence-corrected chi connectivity index (χ0v) is 21.1. The Morgan fingerprint density at radius 2 is 1.94 bits per heavy atom. The van der Waals surface area contributed by atoms with Crippen LogP contribution in [0, 0.1) is 13.8 Å². The van der Waals surface area contributed by atoms with Crippen molar-refractivity contribution in [1.82, 2.24) is 15.1 Å². The number of H-pyrrole nitrogens is 1. The third kappa shape index (κ3) is 5.05. The molecule has 1 unspecified atom stereocenters. The molecule has 3 aromatic rings. The van der Waals surface area contributed by atoms with Crippen LogP contribution in [0.1, 0.15) is 71.4 Å². The summed E-state index contributed by atoms with van der Waals surface area (Å²) in [5.74, 6) is 0.850. The van der Waals surface area contributed by atoms with Crippen molar-refractivity contribution in [3.63, 3.8) is 0 Å². The maximum Gasteiger partial charge on any atom is 0.273 e. The number of nitrogens with zero attached hydrogens (tertiary/aromatic N) is 2. The highest BCUT2D eigenvalue weighted by Gasteiger charge is 2.42. The quantitative estimate of drug-likeness (QED) is 0.354. The van der Waals surface area contributed by atoms with E-state index in [9.17, 15) is 9.90 Å². The molecule has 0 saturated heterocycles. The van der Waals surface area contributed by atoms with Crippen molar-refractivity contribution < 1.29 is 19.4 Å². The van der Waals surface area contributed by atoms with Gasteiger partial charge in [0.25, 0.3) is 5.91 Å². The summed E-state index contributed by atoms with van der Waals surface area (Å²) in [6.07, 6.45) is 3.99. The molecular formula is C28H35N3O4. The number of nitrogens with one attached hydrogen (secondary N) is 1. The van der Waals surface area contributed by atoms with Crippen molar-refractivity contribution in [3.8, 4) is 22.8 Å². The molecule has 1 aromatic heterocycles. The van der Waals surface area contributed by atoms with Crippen LogP contribution < -0.4 is 4.74 Å². The normalized spacial score (nSPS) is 15.0. The number of aromatic nitrogens is 2. The molecule has 7 nitrogen and oxygen atoms in total. The number of unbranched alkanes of at least 4 members (excludes halogenated alkanes) is 2. The van der Waals surface area contributed by atoms with Gasteiger partial charge in [-0.25, -0.2) is 0 Å². The molecule has 0 bridgehead atoms. The Hall–Kier alpha value is -3.32. The van der Waals surface area contributed by atoms with Gasteiger partial charge in [0.2, 0.25) is 0 Å². The van der Waals surface area contributed by atoms with Crippen molar-refractivity contribution in [2.24, 2.45) is 0 Å². The van der Waals surface area contributed by atoms with E-state index in [1.54, 1.807) is 13.2 Å². The minimum atomic E-state index is -0.345. The molecule has 0 fully saturated rings. The Balaban J connectivity index is 1.77. The second-order valence-electron chi connectivity index (χ2n) is 9.21. The van der Waals surface area contributed by atoms with Gasteiger partial charge in [-0.15, -0.1) is 0 Å². The molecule has 0 aliphatic carbocycles. The van der Waals surface area contributed by atoms with Gasteiger partial charge >= 0.3 is 0 Å². The number of benzene rings is 2. The van der Waals surface area contributed by atoms with Gasteiger partial charge in [0, 0.05) is 31.4 Å². The molecule has 7 heteroatoms. The predicted octanol–water partition coefficient (Wildman–Crippen LogP) is 5.55. The number of phenolic OH excluding ortho intramolecular Hbond substituents is 1. The number of carbonyl (C=O) groups excluding carboxylic acids is 1. The number of rotatable bonds is 11. The fraction of sp³-hybridized carbons (Fsp3) is 0.429. The highest BCUT2D eigenvalue weighted by Crippen LogP contribution is 2.46. The lowest BCUT2D eigenvalue weighted by Gasteiger charge is -2.27. The van der Waals surface area contributed by atoms with Crippen molar-refractivity contribution in [2.45, 2.75) is 52.5 Å². The number of amides is 1. The van der Waals surface area contributed by atoms with Crippen LogP contribution in [-0.2, 0) is 4.74 Å². The largest absolute Gasteiger partial charge is 0.507 e. The third-order valence-corrected chi connectivity index (χ3v) is 6.50. The van der Waals surface area contributed by atoms with E-state index in [0.29, 0.717) is 43.1 Å². The predicted molar refractivity (Wildman–Crippen MR) is 136 cm³/mol. The summed E-state index contributed by atoms with van der Waals surface area (Å²) < 4.78 is 11.3. The first kappa shape index (κ1) is 24.8. The molecule has 2 aromatic carbocycles. The number of phenols is 1. The number of carbonyl (C=O) groups is 1. The second kappa shape index (κ2) is 11.0. The molecule has 2 heterocycles. The van der Waals surface area contributed by atoms with E-state index in [2.05, 4.69) is 17.1 Å². The van der Waals surface area contributed by atoms with Crippen molar-refractivity contribution in [3.05, 3.63) is 64.3 Å². The number of hydrogen-bond donors (Lipinski definition) is 2. The minimum Gasteiger partial charge on any atom is -0.507 e. The smallest absolute Gasteiger partial charge is 0.273 e. The summed E-state index contributed by atoms with van der Waals surface area (Å²) in [5.41, 5.74) is 5.35. The van der Waals surface area contributed by atoms with Gasteiger partial charge in [0.15, 0.2) is 0 Å². The van der Waals surface area contributed by atoms with Gasteiger partial charge in [-0.05, 0) is 61.6 Å². The topological polar surface area (TPSA) is 87.7 Å². The van der Waals surface area contributed by atoms with Crippen LogP contribution in [-0.4, -0.2) is 53.0 Å². The van der Waals surface area contributed by atoms with Crippen LogP contribution in [0.25, 0.3) is 11.3 Å². The molecule has 1 aliphatic heterocycles. The van der Waals surface area contributed by atoms with Crippen LogP contribution >= 0.6 is 0 Å². The lowest BCUT2D eigenvalue weighted by Crippen LogP contribution is -2.31. The van der Waals surface area contributed by atoms with Gasteiger partial charge in [-0.2, -0.15) is 5.10 Å². The molecular weight excluding hydrogens is 442 g/mol.